The molecule has 0 bridgehead atoms. The van der Waals surface area contributed by atoms with E-state index in [0.717, 1.165) is 0 Å². The first-order valence-electron chi connectivity index (χ1n) is 9.66. The fourth-order valence-electron chi connectivity index (χ4n) is 2.86. The maximum absolute atomic E-state index is 12.8. The third-order valence-corrected chi connectivity index (χ3v) is 4.39. The molecule has 0 aliphatic heterocycles. The summed E-state index contributed by atoms with van der Waals surface area (Å²) < 4.78 is 1.92. The molecule has 0 spiro atoms. The normalized spacial score (nSPS) is 10.4. The summed E-state index contributed by atoms with van der Waals surface area (Å²) in [6.07, 6.45) is 4.74. The van der Waals surface area contributed by atoms with Gasteiger partial charge in [0, 0.05) is 23.4 Å². The van der Waals surface area contributed by atoms with Gasteiger partial charge in [0.05, 0.1) is 0 Å². The number of nitrogens with one attached hydrogen (secondary N) is 1. The summed E-state index contributed by atoms with van der Waals surface area (Å²) in [7, 11) is 0. The second-order valence-corrected chi connectivity index (χ2v) is 6.94. The smallest absolute Gasteiger partial charge is 0.256 e. The molecule has 0 unspecified atom stereocenters. The molecule has 1 aromatic carbocycles. The van der Waals surface area contributed by atoms with Gasteiger partial charge in [-0.15, -0.1) is 10.2 Å². The fourth-order valence-corrected chi connectivity index (χ4v) is 2.86. The number of pyridine rings is 1. The fraction of sp³-hybridized carbons (Fsp3) is 0.130. The first-order chi connectivity index (χ1) is 15.1. The van der Waals surface area contributed by atoms with Gasteiger partial charge in [-0.3, -0.25) is 4.79 Å². The zero-order chi connectivity index (χ0) is 21.6. The zero-order valence-corrected chi connectivity index (χ0v) is 17.0. The predicted molar refractivity (Wildman–Crippen MR) is 116 cm³/mol. The van der Waals surface area contributed by atoms with Crippen LogP contribution >= 0.6 is 0 Å². The molecule has 8 nitrogen and oxygen atoms in total. The van der Waals surface area contributed by atoms with Gasteiger partial charge < -0.3 is 9.88 Å². The van der Waals surface area contributed by atoms with Gasteiger partial charge in [0.1, 0.15) is 29.9 Å². The minimum atomic E-state index is -0.277. The van der Waals surface area contributed by atoms with Crippen molar-refractivity contribution in [3.8, 4) is 23.4 Å². The van der Waals surface area contributed by atoms with E-state index >= 15 is 0 Å². The van der Waals surface area contributed by atoms with Crippen LogP contribution in [-0.2, 0) is 0 Å². The number of anilines is 1. The molecule has 3 heterocycles. The Morgan fingerprint density at radius 1 is 1.10 bits per heavy atom. The van der Waals surface area contributed by atoms with Crippen molar-refractivity contribution in [2.24, 2.45) is 0 Å². The minimum Gasteiger partial charge on any atom is -0.310 e. The maximum Gasteiger partial charge on any atom is 0.256 e. The highest BCUT2D eigenvalue weighted by Gasteiger charge is 2.13. The van der Waals surface area contributed by atoms with Crippen molar-refractivity contribution < 1.29 is 4.79 Å². The highest BCUT2D eigenvalue weighted by Crippen LogP contribution is 2.20. The monoisotopic (exact) mass is 409 g/mol. The number of aromatic nitrogens is 6. The molecule has 0 radical (unpaired) electrons. The number of amides is 1. The third-order valence-electron chi connectivity index (χ3n) is 4.39. The van der Waals surface area contributed by atoms with Crippen LogP contribution in [-0.4, -0.2) is 35.6 Å². The van der Waals surface area contributed by atoms with Crippen molar-refractivity contribution in [2.75, 3.05) is 5.32 Å². The van der Waals surface area contributed by atoms with E-state index in [9.17, 15) is 4.79 Å². The molecule has 0 aliphatic carbocycles. The second-order valence-electron chi connectivity index (χ2n) is 6.94. The Bertz CT molecular complexity index is 1270. The van der Waals surface area contributed by atoms with E-state index in [1.165, 1.54) is 6.33 Å². The molecule has 0 saturated carbocycles. The van der Waals surface area contributed by atoms with Crippen molar-refractivity contribution >= 4 is 11.7 Å². The second kappa shape index (κ2) is 8.97. The standard InChI is InChI=1S/C23H19N7O/c1-16(2)30-15-26-29-22(30)20-7-4-8-21(27-20)28-23(31)18-6-3-5-17(13-18)9-10-19-11-12-24-14-25-19/h3-8,11-16H,1-2H3,(H,27,28,31). The van der Waals surface area contributed by atoms with Gasteiger partial charge >= 0.3 is 0 Å². The molecule has 1 amide bonds. The van der Waals surface area contributed by atoms with E-state index in [2.05, 4.69) is 42.3 Å². The average Bonchev–Trinajstić information content (AvgIpc) is 3.29. The summed E-state index contributed by atoms with van der Waals surface area (Å²) in [5.41, 5.74) is 2.43. The lowest BCUT2D eigenvalue weighted by Crippen LogP contribution is -2.13. The summed E-state index contributed by atoms with van der Waals surface area (Å²) in [5, 5.41) is 11.0. The lowest BCUT2D eigenvalue weighted by atomic mass is 10.1. The first-order valence-corrected chi connectivity index (χ1v) is 9.66. The number of hydrogen-bond acceptors (Lipinski definition) is 6. The van der Waals surface area contributed by atoms with E-state index < -0.39 is 0 Å². The SMILES string of the molecule is CC(C)n1cnnc1-c1cccc(NC(=O)c2cccc(C#Cc3ccncn3)c2)n1. The molecular weight excluding hydrogens is 390 g/mol. The topological polar surface area (TPSA) is 98.5 Å². The molecular formula is C23H19N7O. The van der Waals surface area contributed by atoms with Crippen LogP contribution < -0.4 is 5.32 Å². The first kappa shape index (κ1) is 19.9. The molecule has 31 heavy (non-hydrogen) atoms. The van der Waals surface area contributed by atoms with E-state index in [1.807, 2.05) is 36.6 Å². The predicted octanol–water partition coefficient (Wildman–Crippen LogP) is 3.36. The largest absolute Gasteiger partial charge is 0.310 e. The summed E-state index contributed by atoms with van der Waals surface area (Å²) in [6.45, 7) is 4.08. The molecule has 152 valence electrons. The van der Waals surface area contributed by atoms with Crippen molar-refractivity contribution in [3.05, 3.63) is 84.2 Å². The molecule has 0 fully saturated rings. The molecule has 1 N–H and O–H groups in total. The van der Waals surface area contributed by atoms with Gasteiger partial charge in [0.25, 0.3) is 5.91 Å². The van der Waals surface area contributed by atoms with Crippen LogP contribution in [0.15, 0.2) is 67.4 Å². The van der Waals surface area contributed by atoms with Crippen molar-refractivity contribution in [1.29, 1.82) is 0 Å². The van der Waals surface area contributed by atoms with Gasteiger partial charge in [-0.25, -0.2) is 15.0 Å². The minimum absolute atomic E-state index is 0.191. The van der Waals surface area contributed by atoms with Crippen LogP contribution in [0.25, 0.3) is 11.5 Å². The van der Waals surface area contributed by atoms with E-state index in [1.54, 1.807) is 42.9 Å². The Balaban J connectivity index is 1.53. The van der Waals surface area contributed by atoms with Gasteiger partial charge in [0.2, 0.25) is 0 Å². The number of rotatable bonds is 4. The van der Waals surface area contributed by atoms with Crippen molar-refractivity contribution in [1.82, 2.24) is 29.7 Å². The molecule has 3 aromatic heterocycles. The number of hydrogen-bond donors (Lipinski definition) is 1. The summed E-state index contributed by atoms with van der Waals surface area (Å²) >= 11 is 0. The highest BCUT2D eigenvalue weighted by molar-refractivity contribution is 6.04. The van der Waals surface area contributed by atoms with E-state index in [-0.39, 0.29) is 11.9 Å². The van der Waals surface area contributed by atoms with Gasteiger partial charge in [0.15, 0.2) is 5.82 Å². The van der Waals surface area contributed by atoms with Crippen LogP contribution in [0.5, 0.6) is 0 Å². The molecule has 0 saturated heterocycles. The van der Waals surface area contributed by atoms with E-state index in [4.69, 9.17) is 0 Å². The number of carbonyl (C=O) groups is 1. The van der Waals surface area contributed by atoms with Crippen LogP contribution in [0.2, 0.25) is 0 Å². The summed E-state index contributed by atoms with van der Waals surface area (Å²) in [4.78, 5) is 25.2. The Morgan fingerprint density at radius 2 is 1.97 bits per heavy atom. The van der Waals surface area contributed by atoms with Crippen LogP contribution in [0.3, 0.4) is 0 Å². The van der Waals surface area contributed by atoms with Crippen LogP contribution in [0, 0.1) is 11.8 Å². The summed E-state index contributed by atoms with van der Waals surface area (Å²) in [5.74, 6) is 6.76. The molecule has 4 aromatic rings. The Morgan fingerprint density at radius 3 is 2.77 bits per heavy atom. The molecule has 8 heteroatoms. The van der Waals surface area contributed by atoms with Gasteiger partial charge in [-0.2, -0.15) is 0 Å². The molecule has 0 atom stereocenters. The zero-order valence-electron chi connectivity index (χ0n) is 17.0. The van der Waals surface area contributed by atoms with Crippen LogP contribution in [0.1, 0.15) is 41.5 Å². The Labute approximate surface area is 179 Å². The number of carbonyl (C=O) groups excluding carboxylic acids is 1. The van der Waals surface area contributed by atoms with Crippen LogP contribution in [0.4, 0.5) is 5.82 Å². The molecule has 4 rings (SSSR count). The number of benzene rings is 1. The molecule has 0 aliphatic rings. The van der Waals surface area contributed by atoms with Gasteiger partial charge in [-0.05, 0) is 56.2 Å². The Kier molecular flexibility index (Phi) is 5.76. The average molecular weight is 409 g/mol. The highest BCUT2D eigenvalue weighted by atomic mass is 16.1. The van der Waals surface area contributed by atoms with Crippen molar-refractivity contribution in [2.45, 2.75) is 19.9 Å². The van der Waals surface area contributed by atoms with Crippen molar-refractivity contribution in [3.63, 3.8) is 0 Å². The maximum atomic E-state index is 12.8. The quantitative estimate of drug-likeness (QED) is 0.519. The van der Waals surface area contributed by atoms with E-state index in [0.29, 0.717) is 34.2 Å². The third kappa shape index (κ3) is 4.79. The van der Waals surface area contributed by atoms with Gasteiger partial charge in [-0.1, -0.05) is 18.1 Å². The Hall–Kier alpha value is -4.38. The lowest BCUT2D eigenvalue weighted by Gasteiger charge is -2.10. The summed E-state index contributed by atoms with van der Waals surface area (Å²) in [6, 6.07) is 14.4. The number of nitrogens with zero attached hydrogens (tertiary/aromatic N) is 6. The lowest BCUT2D eigenvalue weighted by molar-refractivity contribution is 0.102.